The van der Waals surface area contributed by atoms with Crippen LogP contribution in [0, 0.1) is 0 Å². The topological polar surface area (TPSA) is 59.9 Å². The molecule has 1 heterocycles. The van der Waals surface area contributed by atoms with Crippen LogP contribution in [0.3, 0.4) is 0 Å². The summed E-state index contributed by atoms with van der Waals surface area (Å²) in [6.07, 6.45) is 2.78. The minimum Gasteiger partial charge on any atom is -0.497 e. The van der Waals surface area contributed by atoms with Crippen molar-refractivity contribution >= 4 is 34.6 Å². The molecule has 0 bridgehead atoms. The van der Waals surface area contributed by atoms with Crippen LogP contribution in [0.5, 0.6) is 11.5 Å². The van der Waals surface area contributed by atoms with E-state index in [4.69, 9.17) is 9.47 Å². The van der Waals surface area contributed by atoms with Crippen LogP contribution >= 0.6 is 11.8 Å². The highest BCUT2D eigenvalue weighted by atomic mass is 32.2. The third-order valence-electron chi connectivity index (χ3n) is 3.95. The monoisotopic (exact) mass is 368 g/mol. The average molecular weight is 368 g/mol. The molecule has 26 heavy (non-hydrogen) atoms. The van der Waals surface area contributed by atoms with Crippen molar-refractivity contribution in [2.24, 2.45) is 4.99 Å². The SMILES string of the molecule is CCc1ccc(N=C2NC(=O)C(=Cc3ccc(OC)cc3OC)S2)cc1. The van der Waals surface area contributed by atoms with Gasteiger partial charge in [-0.1, -0.05) is 19.1 Å². The molecular weight excluding hydrogens is 348 g/mol. The molecule has 2 aromatic carbocycles. The van der Waals surface area contributed by atoms with Crippen LogP contribution < -0.4 is 14.8 Å². The zero-order chi connectivity index (χ0) is 18.5. The summed E-state index contributed by atoms with van der Waals surface area (Å²) >= 11 is 1.31. The number of methoxy groups -OCH3 is 2. The second-order valence-electron chi connectivity index (χ2n) is 5.61. The summed E-state index contributed by atoms with van der Waals surface area (Å²) in [5.41, 5.74) is 2.87. The third-order valence-corrected chi connectivity index (χ3v) is 4.86. The lowest BCUT2D eigenvalue weighted by molar-refractivity contribution is -0.115. The minimum absolute atomic E-state index is 0.170. The Labute approximate surface area is 157 Å². The molecule has 0 saturated carbocycles. The lowest BCUT2D eigenvalue weighted by atomic mass is 10.1. The smallest absolute Gasteiger partial charge is 0.264 e. The van der Waals surface area contributed by atoms with E-state index < -0.39 is 0 Å². The fraction of sp³-hybridized carbons (Fsp3) is 0.200. The fourth-order valence-electron chi connectivity index (χ4n) is 2.48. The van der Waals surface area contributed by atoms with Gasteiger partial charge in [-0.05, 0) is 54.1 Å². The molecule has 1 N–H and O–H groups in total. The molecule has 6 heteroatoms. The van der Waals surface area contributed by atoms with Crippen molar-refractivity contribution in [1.82, 2.24) is 5.32 Å². The van der Waals surface area contributed by atoms with E-state index in [-0.39, 0.29) is 5.91 Å². The summed E-state index contributed by atoms with van der Waals surface area (Å²) in [5, 5.41) is 3.37. The van der Waals surface area contributed by atoms with Crippen molar-refractivity contribution in [3.63, 3.8) is 0 Å². The molecule has 5 nitrogen and oxygen atoms in total. The number of thioether (sulfide) groups is 1. The van der Waals surface area contributed by atoms with E-state index in [9.17, 15) is 4.79 Å². The number of hydrogen-bond donors (Lipinski definition) is 1. The van der Waals surface area contributed by atoms with Crippen LogP contribution in [0.4, 0.5) is 5.69 Å². The Morgan fingerprint density at radius 3 is 2.54 bits per heavy atom. The van der Waals surface area contributed by atoms with E-state index in [1.54, 1.807) is 26.4 Å². The number of ether oxygens (including phenoxy) is 2. The first-order chi connectivity index (χ1) is 12.6. The summed E-state index contributed by atoms with van der Waals surface area (Å²) in [4.78, 5) is 17.3. The van der Waals surface area contributed by atoms with Gasteiger partial charge in [-0.15, -0.1) is 0 Å². The summed E-state index contributed by atoms with van der Waals surface area (Å²) in [5.74, 6) is 1.17. The average Bonchev–Trinajstić information content (AvgIpc) is 3.01. The van der Waals surface area contributed by atoms with Crippen LogP contribution in [0.2, 0.25) is 0 Å². The largest absolute Gasteiger partial charge is 0.497 e. The molecule has 0 atom stereocenters. The van der Waals surface area contributed by atoms with Crippen LogP contribution in [0.25, 0.3) is 6.08 Å². The molecule has 1 aliphatic rings. The number of benzene rings is 2. The number of aryl methyl sites for hydroxylation is 1. The number of aliphatic imine (C=N–C) groups is 1. The Hall–Kier alpha value is -2.73. The normalized spacial score (nSPS) is 16.8. The van der Waals surface area contributed by atoms with Crippen molar-refractivity contribution in [2.75, 3.05) is 14.2 Å². The molecule has 0 spiro atoms. The number of nitrogens with one attached hydrogen (secondary N) is 1. The quantitative estimate of drug-likeness (QED) is 0.805. The van der Waals surface area contributed by atoms with Gasteiger partial charge in [-0.2, -0.15) is 0 Å². The van der Waals surface area contributed by atoms with Crippen molar-refractivity contribution in [3.05, 3.63) is 58.5 Å². The van der Waals surface area contributed by atoms with E-state index in [0.29, 0.717) is 21.6 Å². The summed E-state index contributed by atoms with van der Waals surface area (Å²) < 4.78 is 10.6. The Morgan fingerprint density at radius 2 is 1.88 bits per heavy atom. The highest BCUT2D eigenvalue weighted by molar-refractivity contribution is 8.18. The van der Waals surface area contributed by atoms with E-state index >= 15 is 0 Å². The Morgan fingerprint density at radius 1 is 1.12 bits per heavy atom. The molecule has 3 rings (SSSR count). The highest BCUT2D eigenvalue weighted by Crippen LogP contribution is 2.32. The standard InChI is InChI=1S/C20H20N2O3S/c1-4-13-5-8-15(9-6-13)21-20-22-19(23)18(26-20)11-14-7-10-16(24-2)12-17(14)25-3/h5-12H,4H2,1-3H3,(H,21,22,23). The molecule has 1 amide bonds. The molecule has 1 saturated heterocycles. The van der Waals surface area contributed by atoms with E-state index in [1.165, 1.54) is 17.3 Å². The Bertz CT molecular complexity index is 873. The zero-order valence-electron chi connectivity index (χ0n) is 14.9. The van der Waals surface area contributed by atoms with Gasteiger partial charge in [0.2, 0.25) is 0 Å². The number of nitrogens with zero attached hydrogens (tertiary/aromatic N) is 1. The van der Waals surface area contributed by atoms with Crippen LogP contribution in [0.1, 0.15) is 18.1 Å². The first-order valence-corrected chi connectivity index (χ1v) is 9.05. The Kier molecular flexibility index (Phi) is 5.63. The van der Waals surface area contributed by atoms with Gasteiger partial charge in [0.1, 0.15) is 11.5 Å². The lowest BCUT2D eigenvalue weighted by Gasteiger charge is -2.07. The molecule has 0 radical (unpaired) electrons. The zero-order valence-corrected chi connectivity index (χ0v) is 15.7. The van der Waals surface area contributed by atoms with Gasteiger partial charge < -0.3 is 14.8 Å². The van der Waals surface area contributed by atoms with E-state index in [2.05, 4.69) is 17.2 Å². The fourth-order valence-corrected chi connectivity index (χ4v) is 3.32. The first kappa shape index (κ1) is 18.1. The highest BCUT2D eigenvalue weighted by Gasteiger charge is 2.24. The molecule has 2 aromatic rings. The summed E-state index contributed by atoms with van der Waals surface area (Å²) in [6, 6.07) is 13.5. The first-order valence-electron chi connectivity index (χ1n) is 8.23. The van der Waals surface area contributed by atoms with Gasteiger partial charge in [-0.3, -0.25) is 4.79 Å². The van der Waals surface area contributed by atoms with Gasteiger partial charge in [0.25, 0.3) is 5.91 Å². The van der Waals surface area contributed by atoms with Crippen LogP contribution in [0.15, 0.2) is 52.4 Å². The minimum atomic E-state index is -0.170. The number of amides is 1. The van der Waals surface area contributed by atoms with Gasteiger partial charge in [-0.25, -0.2) is 4.99 Å². The van der Waals surface area contributed by atoms with E-state index in [0.717, 1.165) is 17.7 Å². The molecule has 1 fully saturated rings. The van der Waals surface area contributed by atoms with Gasteiger partial charge >= 0.3 is 0 Å². The lowest BCUT2D eigenvalue weighted by Crippen LogP contribution is -2.19. The third kappa shape index (κ3) is 4.08. The van der Waals surface area contributed by atoms with Crippen molar-refractivity contribution in [2.45, 2.75) is 13.3 Å². The number of rotatable bonds is 5. The maximum Gasteiger partial charge on any atom is 0.264 e. The number of carbonyl (C=O) groups excluding carboxylic acids is 1. The second-order valence-corrected chi connectivity index (χ2v) is 6.64. The number of hydrogen-bond acceptors (Lipinski definition) is 5. The summed E-state index contributed by atoms with van der Waals surface area (Å²) in [6.45, 7) is 2.11. The van der Waals surface area contributed by atoms with Gasteiger partial charge in [0, 0.05) is 11.6 Å². The molecule has 1 aliphatic heterocycles. The van der Waals surface area contributed by atoms with Crippen LogP contribution in [-0.4, -0.2) is 25.3 Å². The maximum atomic E-state index is 12.3. The van der Waals surface area contributed by atoms with E-state index in [1.807, 2.05) is 36.4 Å². The number of carbonyl (C=O) groups is 1. The molecule has 0 aromatic heterocycles. The molecule has 0 unspecified atom stereocenters. The molecule has 134 valence electrons. The van der Waals surface area contributed by atoms with Gasteiger partial charge in [0.15, 0.2) is 5.17 Å². The van der Waals surface area contributed by atoms with Crippen LogP contribution in [-0.2, 0) is 11.2 Å². The Balaban J connectivity index is 1.83. The predicted molar refractivity (Wildman–Crippen MR) is 106 cm³/mol. The second kappa shape index (κ2) is 8.10. The maximum absolute atomic E-state index is 12.3. The number of amidine groups is 1. The van der Waals surface area contributed by atoms with Crippen molar-refractivity contribution in [1.29, 1.82) is 0 Å². The van der Waals surface area contributed by atoms with Crippen molar-refractivity contribution in [3.8, 4) is 11.5 Å². The van der Waals surface area contributed by atoms with Crippen molar-refractivity contribution < 1.29 is 14.3 Å². The molecular formula is C20H20N2O3S. The van der Waals surface area contributed by atoms with Gasteiger partial charge in [0.05, 0.1) is 24.8 Å². The molecule has 0 aliphatic carbocycles. The summed E-state index contributed by atoms with van der Waals surface area (Å²) in [7, 11) is 3.19. The predicted octanol–water partition coefficient (Wildman–Crippen LogP) is 4.16.